The molecule has 0 aliphatic rings. The highest BCUT2D eigenvalue weighted by Gasteiger charge is 2.10. The lowest BCUT2D eigenvalue weighted by Crippen LogP contribution is -2.12. The number of hydrogen-bond donors (Lipinski definition) is 2. The molecule has 0 unspecified atom stereocenters. The van der Waals surface area contributed by atoms with Crippen LogP contribution >= 0.6 is 0 Å². The molecule has 3 aromatic rings. The van der Waals surface area contributed by atoms with Crippen molar-refractivity contribution in [3.8, 4) is 39.8 Å². The molecule has 0 atom stereocenters. The first-order chi connectivity index (χ1) is 12.0. The molecule has 25 heavy (non-hydrogen) atoms. The summed E-state index contributed by atoms with van der Waals surface area (Å²) in [6.07, 6.45) is 0. The van der Waals surface area contributed by atoms with E-state index in [2.05, 4.69) is 9.97 Å². The normalized spacial score (nSPS) is 10.5. The fourth-order valence-electron chi connectivity index (χ4n) is 2.58. The zero-order valence-electron chi connectivity index (χ0n) is 14.2. The lowest BCUT2D eigenvalue weighted by molar-refractivity contribution is 0.355. The second kappa shape index (κ2) is 6.68. The monoisotopic (exact) mass is 338 g/mol. The molecule has 1 aromatic heterocycles. The number of nitrogens with zero attached hydrogens (tertiary/aromatic N) is 1. The van der Waals surface area contributed by atoms with E-state index in [4.69, 9.17) is 9.47 Å². The van der Waals surface area contributed by atoms with E-state index in [1.54, 1.807) is 57.5 Å². The number of methoxy groups -OCH3 is 2. The van der Waals surface area contributed by atoms with Crippen LogP contribution < -0.4 is 15.2 Å². The van der Waals surface area contributed by atoms with Crippen molar-refractivity contribution < 1.29 is 14.6 Å². The minimum absolute atomic E-state index is 0.203. The van der Waals surface area contributed by atoms with Crippen molar-refractivity contribution in [1.82, 2.24) is 9.97 Å². The molecule has 0 saturated carbocycles. The molecule has 1 heterocycles. The molecule has 0 amide bonds. The molecule has 0 aliphatic heterocycles. The minimum Gasteiger partial charge on any atom is -0.508 e. The standard InChI is InChI=1S/C19H18N2O4/c1-11-8-12(4-6-16(11)22)14-10-15(21-19(23)20-14)13-5-7-17(24-2)18(9-13)25-3/h4-10,22H,1-3H3,(H,20,21,23). The molecule has 0 fully saturated rings. The van der Waals surface area contributed by atoms with Crippen molar-refractivity contribution in [2.24, 2.45) is 0 Å². The van der Waals surface area contributed by atoms with Crippen LogP contribution in [0.3, 0.4) is 0 Å². The number of hydrogen-bond acceptors (Lipinski definition) is 5. The van der Waals surface area contributed by atoms with Gasteiger partial charge in [-0.3, -0.25) is 0 Å². The minimum atomic E-state index is -0.451. The van der Waals surface area contributed by atoms with Crippen LogP contribution in [-0.2, 0) is 0 Å². The summed E-state index contributed by atoms with van der Waals surface area (Å²) in [5.74, 6) is 1.38. The maximum absolute atomic E-state index is 12.0. The van der Waals surface area contributed by atoms with Gasteiger partial charge in [0, 0.05) is 11.1 Å². The summed E-state index contributed by atoms with van der Waals surface area (Å²) in [4.78, 5) is 18.8. The number of aromatic hydroxyl groups is 1. The molecular weight excluding hydrogens is 320 g/mol. The SMILES string of the molecule is COc1ccc(-c2cc(-c3ccc(O)c(C)c3)nc(=O)[nH]2)cc1OC. The molecule has 2 aromatic carbocycles. The molecule has 0 bridgehead atoms. The Morgan fingerprint density at radius 2 is 1.68 bits per heavy atom. The van der Waals surface area contributed by atoms with E-state index in [0.717, 1.165) is 11.1 Å². The lowest BCUT2D eigenvalue weighted by Gasteiger charge is -2.10. The van der Waals surface area contributed by atoms with Crippen LogP contribution in [0.1, 0.15) is 5.56 Å². The average molecular weight is 338 g/mol. The van der Waals surface area contributed by atoms with E-state index in [9.17, 15) is 9.90 Å². The van der Waals surface area contributed by atoms with Crippen LogP contribution in [0.5, 0.6) is 17.2 Å². The number of ether oxygens (including phenoxy) is 2. The average Bonchev–Trinajstić information content (AvgIpc) is 2.62. The molecule has 0 spiro atoms. The summed E-state index contributed by atoms with van der Waals surface area (Å²) < 4.78 is 10.5. The van der Waals surface area contributed by atoms with Gasteiger partial charge in [-0.1, -0.05) is 0 Å². The predicted octanol–water partition coefficient (Wildman–Crippen LogP) is 3.14. The van der Waals surface area contributed by atoms with Gasteiger partial charge < -0.3 is 19.6 Å². The van der Waals surface area contributed by atoms with Gasteiger partial charge in [-0.05, 0) is 55.0 Å². The lowest BCUT2D eigenvalue weighted by atomic mass is 10.0. The summed E-state index contributed by atoms with van der Waals surface area (Å²) in [5.41, 5.74) is 2.93. The van der Waals surface area contributed by atoms with Gasteiger partial charge in [0.05, 0.1) is 25.6 Å². The maximum atomic E-state index is 12.0. The van der Waals surface area contributed by atoms with Crippen molar-refractivity contribution in [3.05, 3.63) is 58.5 Å². The van der Waals surface area contributed by atoms with Crippen molar-refractivity contribution in [3.63, 3.8) is 0 Å². The van der Waals surface area contributed by atoms with Gasteiger partial charge in [-0.2, -0.15) is 4.98 Å². The smallest absolute Gasteiger partial charge is 0.345 e. The first kappa shape index (κ1) is 16.6. The number of aryl methyl sites for hydroxylation is 1. The van der Waals surface area contributed by atoms with E-state index in [0.29, 0.717) is 28.5 Å². The number of nitrogens with one attached hydrogen (secondary N) is 1. The molecular formula is C19H18N2O4. The zero-order valence-corrected chi connectivity index (χ0v) is 14.2. The van der Waals surface area contributed by atoms with Crippen LogP contribution in [-0.4, -0.2) is 29.3 Å². The fraction of sp³-hybridized carbons (Fsp3) is 0.158. The summed E-state index contributed by atoms with van der Waals surface area (Å²) in [6.45, 7) is 1.79. The Balaban J connectivity index is 2.11. The summed E-state index contributed by atoms with van der Waals surface area (Å²) >= 11 is 0. The van der Waals surface area contributed by atoms with Crippen LogP contribution in [0.15, 0.2) is 47.3 Å². The van der Waals surface area contributed by atoms with Crippen LogP contribution in [0.25, 0.3) is 22.5 Å². The van der Waals surface area contributed by atoms with E-state index < -0.39 is 5.69 Å². The summed E-state index contributed by atoms with van der Waals surface area (Å²) in [5, 5.41) is 9.67. The molecule has 0 radical (unpaired) electrons. The fourth-order valence-corrected chi connectivity index (χ4v) is 2.58. The van der Waals surface area contributed by atoms with Crippen LogP contribution in [0.2, 0.25) is 0 Å². The van der Waals surface area contributed by atoms with E-state index in [1.165, 1.54) is 0 Å². The second-order valence-electron chi connectivity index (χ2n) is 5.56. The van der Waals surface area contributed by atoms with E-state index in [-0.39, 0.29) is 5.75 Å². The number of aromatic nitrogens is 2. The number of aromatic amines is 1. The van der Waals surface area contributed by atoms with Gasteiger partial charge in [-0.15, -0.1) is 0 Å². The van der Waals surface area contributed by atoms with Gasteiger partial charge in [0.2, 0.25) is 0 Å². The predicted molar refractivity (Wildman–Crippen MR) is 95.2 cm³/mol. The number of phenols is 1. The number of rotatable bonds is 4. The molecule has 0 saturated heterocycles. The quantitative estimate of drug-likeness (QED) is 0.763. The van der Waals surface area contributed by atoms with Gasteiger partial charge in [0.15, 0.2) is 11.5 Å². The Morgan fingerprint density at radius 1 is 0.960 bits per heavy atom. The third kappa shape index (κ3) is 3.33. The Kier molecular flexibility index (Phi) is 4.43. The molecule has 128 valence electrons. The van der Waals surface area contributed by atoms with Gasteiger partial charge in [0.1, 0.15) is 5.75 Å². The maximum Gasteiger partial charge on any atom is 0.345 e. The van der Waals surface area contributed by atoms with Crippen molar-refractivity contribution in [2.45, 2.75) is 6.92 Å². The highest BCUT2D eigenvalue weighted by atomic mass is 16.5. The zero-order chi connectivity index (χ0) is 18.0. The Labute approximate surface area is 144 Å². The first-order valence-electron chi connectivity index (χ1n) is 7.65. The van der Waals surface area contributed by atoms with Gasteiger partial charge in [-0.25, -0.2) is 4.79 Å². The Bertz CT molecular complexity index is 979. The highest BCUT2D eigenvalue weighted by molar-refractivity contribution is 5.70. The molecule has 6 nitrogen and oxygen atoms in total. The molecule has 2 N–H and O–H groups in total. The van der Waals surface area contributed by atoms with Crippen molar-refractivity contribution in [2.75, 3.05) is 14.2 Å². The Hall–Kier alpha value is -3.28. The van der Waals surface area contributed by atoms with E-state index in [1.807, 2.05) is 6.07 Å². The number of benzene rings is 2. The number of H-pyrrole nitrogens is 1. The van der Waals surface area contributed by atoms with Crippen molar-refractivity contribution >= 4 is 0 Å². The van der Waals surface area contributed by atoms with Crippen molar-refractivity contribution in [1.29, 1.82) is 0 Å². The summed E-state index contributed by atoms with van der Waals surface area (Å²) in [7, 11) is 3.12. The van der Waals surface area contributed by atoms with Gasteiger partial charge in [0.25, 0.3) is 0 Å². The number of phenolic OH excluding ortho intramolecular Hbond substituents is 1. The largest absolute Gasteiger partial charge is 0.508 e. The highest BCUT2D eigenvalue weighted by Crippen LogP contribution is 2.32. The van der Waals surface area contributed by atoms with Crippen LogP contribution in [0, 0.1) is 6.92 Å². The Morgan fingerprint density at radius 3 is 2.36 bits per heavy atom. The summed E-state index contributed by atoms with van der Waals surface area (Å²) in [6, 6.07) is 12.3. The third-order valence-electron chi connectivity index (χ3n) is 3.93. The van der Waals surface area contributed by atoms with Crippen LogP contribution in [0.4, 0.5) is 0 Å². The topological polar surface area (TPSA) is 84.4 Å². The molecule has 3 rings (SSSR count). The second-order valence-corrected chi connectivity index (χ2v) is 5.56. The van der Waals surface area contributed by atoms with E-state index >= 15 is 0 Å². The van der Waals surface area contributed by atoms with Gasteiger partial charge >= 0.3 is 5.69 Å². The molecule has 0 aliphatic carbocycles. The third-order valence-corrected chi connectivity index (χ3v) is 3.93. The first-order valence-corrected chi connectivity index (χ1v) is 7.65. The molecule has 6 heteroatoms.